The van der Waals surface area contributed by atoms with Crippen LogP contribution in [-0.4, -0.2) is 51.9 Å². The van der Waals surface area contributed by atoms with E-state index in [9.17, 15) is 27.9 Å². The number of alkyl halides is 3. The number of carboxylic acid groups (broad SMARTS) is 1. The predicted octanol–water partition coefficient (Wildman–Crippen LogP) is 4.13. The number of aliphatic carboxylic acids is 1. The van der Waals surface area contributed by atoms with Crippen molar-refractivity contribution in [2.45, 2.75) is 50.4 Å². The van der Waals surface area contributed by atoms with E-state index in [1.165, 1.54) is 6.07 Å². The van der Waals surface area contributed by atoms with Gasteiger partial charge in [-0.25, -0.2) is 4.90 Å². The Morgan fingerprint density at radius 3 is 2.73 bits per heavy atom. The van der Waals surface area contributed by atoms with Gasteiger partial charge in [0.05, 0.1) is 35.0 Å². The third kappa shape index (κ3) is 4.71. The Balaban J connectivity index is 1.35. The molecule has 0 saturated carbocycles. The molecule has 3 unspecified atom stereocenters. The average molecular weight is 539 g/mol. The Labute approximate surface area is 216 Å². The molecule has 37 heavy (non-hydrogen) atoms. The SMILES string of the molecule is Nc1c(Cl)cc(CC(CC(=O)N2CCC3CC2(N2CNc4ccccc4C2)O3)C(=O)O)cc1C(F)(F)F. The molecule has 6 rings (SSSR count). The molecule has 2 aromatic carbocycles. The number of anilines is 2. The van der Waals surface area contributed by atoms with Crippen LogP contribution in [0.5, 0.6) is 0 Å². The number of halogens is 4. The van der Waals surface area contributed by atoms with Crippen molar-refractivity contribution in [2.24, 2.45) is 5.92 Å². The number of benzene rings is 2. The maximum Gasteiger partial charge on any atom is 0.418 e. The first-order chi connectivity index (χ1) is 17.5. The monoisotopic (exact) mass is 538 g/mol. The summed E-state index contributed by atoms with van der Waals surface area (Å²) in [7, 11) is 0. The smallest absolute Gasteiger partial charge is 0.418 e. The summed E-state index contributed by atoms with van der Waals surface area (Å²) < 4.78 is 46.3. The number of carbonyl (C=O) groups is 2. The Morgan fingerprint density at radius 1 is 1.30 bits per heavy atom. The second-order valence-corrected chi connectivity index (χ2v) is 10.1. The first kappa shape index (κ1) is 25.6. The quantitative estimate of drug-likeness (QED) is 0.474. The molecular weight excluding hydrogens is 513 g/mol. The van der Waals surface area contributed by atoms with Gasteiger partial charge in [0.1, 0.15) is 0 Å². The fraction of sp³-hybridized carbons (Fsp3) is 0.440. The van der Waals surface area contributed by atoms with E-state index in [2.05, 4.69) is 5.32 Å². The lowest BCUT2D eigenvalue weighted by molar-refractivity contribution is -0.369. The van der Waals surface area contributed by atoms with Crippen molar-refractivity contribution in [3.05, 3.63) is 58.1 Å². The first-order valence-corrected chi connectivity index (χ1v) is 12.3. The maximum absolute atomic E-state index is 13.5. The molecule has 198 valence electrons. The third-order valence-electron chi connectivity index (χ3n) is 7.33. The van der Waals surface area contributed by atoms with Gasteiger partial charge >= 0.3 is 12.1 Å². The second kappa shape index (κ2) is 9.38. The molecule has 4 heterocycles. The molecule has 0 aromatic heterocycles. The van der Waals surface area contributed by atoms with Gasteiger partial charge in [0.25, 0.3) is 0 Å². The second-order valence-electron chi connectivity index (χ2n) is 9.69. The normalized spacial score (nSPS) is 24.0. The van der Waals surface area contributed by atoms with Crippen molar-refractivity contribution >= 4 is 34.9 Å². The van der Waals surface area contributed by atoms with Crippen LogP contribution in [0, 0.1) is 5.92 Å². The van der Waals surface area contributed by atoms with E-state index in [0.29, 0.717) is 32.6 Å². The summed E-state index contributed by atoms with van der Waals surface area (Å²) in [5, 5.41) is 12.9. The molecular formula is C25H26ClF3N4O4. The Hall–Kier alpha value is -3.02. The van der Waals surface area contributed by atoms with Crippen molar-refractivity contribution in [1.29, 1.82) is 0 Å². The zero-order chi connectivity index (χ0) is 26.5. The van der Waals surface area contributed by atoms with Gasteiger partial charge in [-0.1, -0.05) is 29.8 Å². The zero-order valence-electron chi connectivity index (χ0n) is 19.7. The number of rotatable bonds is 6. The number of hydrogen-bond acceptors (Lipinski definition) is 6. The molecule has 1 amide bonds. The van der Waals surface area contributed by atoms with Crippen LogP contribution in [0.1, 0.15) is 36.0 Å². The molecule has 3 fully saturated rings. The molecule has 2 bridgehead atoms. The van der Waals surface area contributed by atoms with Crippen LogP contribution in [-0.2, 0) is 33.5 Å². The van der Waals surface area contributed by atoms with Gasteiger partial charge in [-0.05, 0) is 42.2 Å². The maximum atomic E-state index is 13.5. The van der Waals surface area contributed by atoms with Crippen LogP contribution in [0.15, 0.2) is 36.4 Å². The summed E-state index contributed by atoms with van der Waals surface area (Å²) in [5.74, 6) is -3.97. The zero-order valence-corrected chi connectivity index (χ0v) is 20.5. The van der Waals surface area contributed by atoms with Gasteiger partial charge in [-0.2, -0.15) is 13.2 Å². The molecule has 2 aromatic rings. The first-order valence-electron chi connectivity index (χ1n) is 11.9. The number of amides is 1. The number of ether oxygens (including phenoxy) is 1. The minimum Gasteiger partial charge on any atom is -0.481 e. The van der Waals surface area contributed by atoms with E-state index in [0.717, 1.165) is 17.3 Å². The van der Waals surface area contributed by atoms with E-state index >= 15 is 0 Å². The molecule has 4 aliphatic heterocycles. The van der Waals surface area contributed by atoms with E-state index in [1.807, 2.05) is 29.2 Å². The number of piperidine rings is 1. The van der Waals surface area contributed by atoms with Gasteiger partial charge in [0.15, 0.2) is 0 Å². The van der Waals surface area contributed by atoms with Crippen molar-refractivity contribution in [3.8, 4) is 0 Å². The Morgan fingerprint density at radius 2 is 2.03 bits per heavy atom. The van der Waals surface area contributed by atoms with Crippen LogP contribution in [0.4, 0.5) is 24.5 Å². The number of nitrogens with one attached hydrogen (secondary N) is 1. The van der Waals surface area contributed by atoms with Gasteiger partial charge < -0.3 is 25.8 Å². The molecule has 0 radical (unpaired) electrons. The Kier molecular flexibility index (Phi) is 6.49. The molecule has 12 heteroatoms. The summed E-state index contributed by atoms with van der Waals surface area (Å²) in [4.78, 5) is 29.2. The van der Waals surface area contributed by atoms with Gasteiger partial charge in [0, 0.05) is 31.6 Å². The predicted molar refractivity (Wildman–Crippen MR) is 129 cm³/mol. The fourth-order valence-corrected chi connectivity index (χ4v) is 5.67. The Bertz CT molecular complexity index is 1230. The van der Waals surface area contributed by atoms with Gasteiger partial charge in [-0.15, -0.1) is 0 Å². The highest BCUT2D eigenvalue weighted by atomic mass is 35.5. The van der Waals surface area contributed by atoms with E-state index in [1.54, 1.807) is 4.90 Å². The van der Waals surface area contributed by atoms with E-state index in [-0.39, 0.29) is 23.1 Å². The standard InChI is InChI=1S/C25H26ClF3N4O4/c26-19-9-14(8-18(22(19)30)25(27,28)29)7-16(23(35)36)10-21(34)33-6-5-17-11-24(33,37-17)32-12-15-3-1-2-4-20(15)31-13-32/h1-4,8-9,16-17,31H,5-7,10-13,30H2,(H,35,36). The topological polar surface area (TPSA) is 108 Å². The number of nitrogen functional groups attached to an aromatic ring is 1. The highest BCUT2D eigenvalue weighted by Gasteiger charge is 2.59. The van der Waals surface area contributed by atoms with Crippen molar-refractivity contribution in [3.63, 3.8) is 0 Å². The molecule has 4 aliphatic rings. The van der Waals surface area contributed by atoms with Crippen LogP contribution < -0.4 is 11.1 Å². The van der Waals surface area contributed by atoms with Crippen LogP contribution >= 0.6 is 11.6 Å². The van der Waals surface area contributed by atoms with Crippen molar-refractivity contribution in [2.75, 3.05) is 24.3 Å². The summed E-state index contributed by atoms with van der Waals surface area (Å²) in [6, 6.07) is 9.84. The van der Waals surface area contributed by atoms with Crippen LogP contribution in [0.3, 0.4) is 0 Å². The number of fused-ring (bicyclic) bond motifs is 3. The van der Waals surface area contributed by atoms with Gasteiger partial charge in [0.2, 0.25) is 11.8 Å². The average Bonchev–Trinajstić information content (AvgIpc) is 2.83. The molecule has 0 aliphatic carbocycles. The van der Waals surface area contributed by atoms with Crippen molar-refractivity contribution in [1.82, 2.24) is 9.80 Å². The molecule has 8 nitrogen and oxygen atoms in total. The summed E-state index contributed by atoms with van der Waals surface area (Å²) in [6.45, 7) is 1.39. The number of carboxylic acids is 1. The van der Waals surface area contributed by atoms with E-state index in [4.69, 9.17) is 22.1 Å². The molecule has 0 spiro atoms. The number of carbonyl (C=O) groups excluding carboxylic acids is 1. The summed E-state index contributed by atoms with van der Waals surface area (Å²) >= 11 is 5.90. The highest BCUT2D eigenvalue weighted by Crippen LogP contribution is 2.47. The minimum atomic E-state index is -4.75. The molecule has 4 N–H and O–H groups in total. The lowest BCUT2D eigenvalue weighted by Gasteiger charge is -2.62. The van der Waals surface area contributed by atoms with Gasteiger partial charge in [-0.3, -0.25) is 9.59 Å². The minimum absolute atomic E-state index is 0.0224. The largest absolute Gasteiger partial charge is 0.481 e. The number of nitrogens with zero attached hydrogens (tertiary/aromatic N) is 2. The lowest BCUT2D eigenvalue weighted by Crippen LogP contribution is -2.76. The third-order valence-corrected chi connectivity index (χ3v) is 7.64. The summed E-state index contributed by atoms with van der Waals surface area (Å²) in [5.41, 5.74) is 5.83. The molecule has 3 atom stereocenters. The van der Waals surface area contributed by atoms with Crippen LogP contribution in [0.2, 0.25) is 5.02 Å². The number of nitrogens with two attached hydrogens (primary N) is 1. The number of para-hydroxylation sites is 1. The van der Waals surface area contributed by atoms with E-state index < -0.39 is 47.5 Å². The fourth-order valence-electron chi connectivity index (χ4n) is 5.43. The highest BCUT2D eigenvalue weighted by molar-refractivity contribution is 6.33. The van der Waals surface area contributed by atoms with Crippen molar-refractivity contribution < 1.29 is 32.6 Å². The molecule has 3 saturated heterocycles. The lowest BCUT2D eigenvalue weighted by atomic mass is 9.90. The number of hydrogen-bond donors (Lipinski definition) is 3. The summed E-state index contributed by atoms with van der Waals surface area (Å²) in [6.07, 6.45) is -4.21. The van der Waals surface area contributed by atoms with Crippen LogP contribution in [0.25, 0.3) is 0 Å².